The molecule has 8 heteroatoms. The fourth-order valence-corrected chi connectivity index (χ4v) is 3.47. The van der Waals surface area contributed by atoms with E-state index in [1.54, 1.807) is 30.3 Å². The van der Waals surface area contributed by atoms with Gasteiger partial charge >= 0.3 is 17.7 Å². The lowest BCUT2D eigenvalue weighted by Gasteiger charge is -2.17. The summed E-state index contributed by atoms with van der Waals surface area (Å²) in [4.78, 5) is 22.6. The van der Waals surface area contributed by atoms with Gasteiger partial charge in [0.1, 0.15) is 0 Å². The van der Waals surface area contributed by atoms with Gasteiger partial charge in [0.05, 0.1) is 6.10 Å². The van der Waals surface area contributed by atoms with Crippen LogP contribution in [0.5, 0.6) is 11.5 Å². The van der Waals surface area contributed by atoms with Gasteiger partial charge in [0.2, 0.25) is 0 Å². The summed E-state index contributed by atoms with van der Waals surface area (Å²) in [5, 5.41) is 29.3. The molecule has 0 radical (unpaired) electrons. The van der Waals surface area contributed by atoms with Crippen molar-refractivity contribution in [1.29, 1.82) is 0 Å². The predicted molar refractivity (Wildman–Crippen MR) is 104 cm³/mol. The summed E-state index contributed by atoms with van der Waals surface area (Å²) in [7, 11) is 0. The molecule has 2 unspecified atom stereocenters. The monoisotopic (exact) mass is 420 g/mol. The Labute approximate surface area is 172 Å². The van der Waals surface area contributed by atoms with Gasteiger partial charge in [-0.05, 0) is 60.6 Å². The Kier molecular flexibility index (Phi) is 6.00. The molecule has 1 heterocycles. The molecule has 1 aliphatic rings. The highest BCUT2D eigenvalue weighted by Crippen LogP contribution is 2.41. The van der Waals surface area contributed by atoms with Crippen molar-refractivity contribution in [2.24, 2.45) is 5.92 Å². The zero-order valence-corrected chi connectivity index (χ0v) is 16.4. The van der Waals surface area contributed by atoms with Gasteiger partial charge in [-0.15, -0.1) is 0 Å². The van der Waals surface area contributed by atoms with E-state index in [2.05, 4.69) is 0 Å². The first-order valence-corrected chi connectivity index (χ1v) is 9.50. The Hall–Kier alpha value is -2.77. The lowest BCUT2D eigenvalue weighted by molar-refractivity contribution is -0.194. The largest absolute Gasteiger partial charge is 0.475 e. The third-order valence-electron chi connectivity index (χ3n) is 4.83. The number of aliphatic carboxylic acids is 2. The first-order chi connectivity index (χ1) is 13.7. The quantitative estimate of drug-likeness (QED) is 0.558. The number of hydrogen-bond donors (Lipinski definition) is 3. The van der Waals surface area contributed by atoms with Crippen molar-refractivity contribution in [2.45, 2.75) is 38.1 Å². The van der Waals surface area contributed by atoms with E-state index in [0.29, 0.717) is 17.9 Å². The normalized spacial score (nSPS) is 16.2. The third-order valence-corrected chi connectivity index (χ3v) is 5.06. The summed E-state index contributed by atoms with van der Waals surface area (Å²) in [5.74, 6) is -5.85. The Bertz CT molecular complexity index is 913. The van der Waals surface area contributed by atoms with E-state index >= 15 is 0 Å². The van der Waals surface area contributed by atoms with Crippen molar-refractivity contribution in [3.63, 3.8) is 0 Å². The number of ether oxygens (including phenoxy) is 2. The van der Waals surface area contributed by atoms with Crippen LogP contribution in [0.15, 0.2) is 42.5 Å². The van der Waals surface area contributed by atoms with Crippen molar-refractivity contribution >= 4 is 23.5 Å². The van der Waals surface area contributed by atoms with Gasteiger partial charge in [0, 0.05) is 5.02 Å². The van der Waals surface area contributed by atoms with Crippen LogP contribution in [0.3, 0.4) is 0 Å². The average Bonchev–Trinajstić information content (AvgIpc) is 3.06. The van der Waals surface area contributed by atoms with Gasteiger partial charge in [0.25, 0.3) is 0 Å². The minimum atomic E-state index is -2.76. The molecule has 0 aliphatic carbocycles. The highest BCUT2D eigenvalue weighted by Gasteiger charge is 2.57. The Morgan fingerprint density at radius 1 is 1.03 bits per heavy atom. The summed E-state index contributed by atoms with van der Waals surface area (Å²) < 4.78 is 10.2. The SMILES string of the molecule is CC(CCC(O)c1cccc(Cl)c1)Cc1ccc2c(c1)OC(C(=O)O)(C(=O)O)O2. The van der Waals surface area contributed by atoms with Crippen LogP contribution in [0.4, 0.5) is 0 Å². The van der Waals surface area contributed by atoms with Gasteiger partial charge in [0.15, 0.2) is 11.5 Å². The van der Waals surface area contributed by atoms with Crippen molar-refractivity contribution < 1.29 is 34.4 Å². The fourth-order valence-electron chi connectivity index (χ4n) is 3.27. The minimum Gasteiger partial charge on any atom is -0.475 e. The van der Waals surface area contributed by atoms with Crippen LogP contribution in [-0.4, -0.2) is 33.0 Å². The number of hydrogen-bond acceptors (Lipinski definition) is 5. The number of rotatable bonds is 8. The number of carbonyl (C=O) groups is 2. The fraction of sp³-hybridized carbons (Fsp3) is 0.333. The maximum absolute atomic E-state index is 11.3. The summed E-state index contributed by atoms with van der Waals surface area (Å²) in [6.07, 6.45) is 1.34. The van der Waals surface area contributed by atoms with E-state index in [1.807, 2.05) is 13.0 Å². The molecule has 7 nitrogen and oxygen atoms in total. The first kappa shape index (κ1) is 21.0. The van der Waals surface area contributed by atoms with Crippen LogP contribution in [-0.2, 0) is 16.0 Å². The van der Waals surface area contributed by atoms with Crippen LogP contribution in [0.1, 0.15) is 37.0 Å². The van der Waals surface area contributed by atoms with Gasteiger partial charge in [-0.2, -0.15) is 0 Å². The van der Waals surface area contributed by atoms with Gasteiger partial charge < -0.3 is 24.8 Å². The van der Waals surface area contributed by atoms with E-state index in [1.165, 1.54) is 6.07 Å². The van der Waals surface area contributed by atoms with Crippen molar-refractivity contribution in [2.75, 3.05) is 0 Å². The molecule has 2 aromatic carbocycles. The highest BCUT2D eigenvalue weighted by molar-refractivity contribution is 6.30. The summed E-state index contributed by atoms with van der Waals surface area (Å²) in [5.41, 5.74) is 1.62. The standard InChI is InChI=1S/C21H21ClO7/c1-12(5-7-16(23)14-3-2-4-15(22)11-14)9-13-6-8-17-18(10-13)29-21(28-17,19(24)25)20(26)27/h2-4,6,8,10-12,16,23H,5,7,9H2,1H3,(H,24,25)(H,26,27). The second kappa shape index (κ2) is 8.31. The van der Waals surface area contributed by atoms with Gasteiger partial charge in [-0.3, -0.25) is 0 Å². The van der Waals surface area contributed by atoms with Crippen LogP contribution < -0.4 is 9.47 Å². The molecule has 2 aromatic rings. The molecule has 0 bridgehead atoms. The molecule has 2 atom stereocenters. The molecule has 29 heavy (non-hydrogen) atoms. The van der Waals surface area contributed by atoms with E-state index in [9.17, 15) is 24.9 Å². The Morgan fingerprint density at radius 2 is 1.72 bits per heavy atom. The lowest BCUT2D eigenvalue weighted by Crippen LogP contribution is -2.54. The number of halogens is 1. The number of aliphatic hydroxyl groups excluding tert-OH is 1. The summed E-state index contributed by atoms with van der Waals surface area (Å²) in [6, 6.07) is 12.0. The van der Waals surface area contributed by atoms with Crippen LogP contribution in [0, 0.1) is 5.92 Å². The molecule has 154 valence electrons. The molecule has 0 spiro atoms. The Balaban J connectivity index is 1.61. The number of benzene rings is 2. The van der Waals surface area contributed by atoms with E-state index < -0.39 is 23.8 Å². The average molecular weight is 421 g/mol. The van der Waals surface area contributed by atoms with Crippen molar-refractivity contribution in [1.82, 2.24) is 0 Å². The number of fused-ring (bicyclic) bond motifs is 1. The van der Waals surface area contributed by atoms with Crippen molar-refractivity contribution in [3.05, 3.63) is 58.6 Å². The minimum absolute atomic E-state index is 0.0718. The zero-order valence-electron chi connectivity index (χ0n) is 15.7. The molecule has 0 aromatic heterocycles. The van der Waals surface area contributed by atoms with Crippen LogP contribution in [0.2, 0.25) is 5.02 Å². The second-order valence-corrected chi connectivity index (χ2v) is 7.61. The number of carboxylic acids is 2. The topological polar surface area (TPSA) is 113 Å². The van der Waals surface area contributed by atoms with Gasteiger partial charge in [-0.1, -0.05) is 36.7 Å². The molecule has 3 rings (SSSR count). The van der Waals surface area contributed by atoms with E-state index in [0.717, 1.165) is 17.5 Å². The molecule has 3 N–H and O–H groups in total. The molecular formula is C21H21ClO7. The molecule has 0 saturated heterocycles. The maximum Gasteiger partial charge on any atom is 0.453 e. The van der Waals surface area contributed by atoms with E-state index in [4.69, 9.17) is 21.1 Å². The smallest absolute Gasteiger partial charge is 0.453 e. The van der Waals surface area contributed by atoms with Crippen LogP contribution in [0.25, 0.3) is 0 Å². The first-order valence-electron chi connectivity index (χ1n) is 9.12. The lowest BCUT2D eigenvalue weighted by atomic mass is 9.93. The maximum atomic E-state index is 11.3. The third kappa shape index (κ3) is 4.46. The molecule has 0 saturated carbocycles. The summed E-state index contributed by atoms with van der Waals surface area (Å²) >= 11 is 5.96. The number of carboxylic acid groups (broad SMARTS) is 2. The Morgan fingerprint density at radius 3 is 2.38 bits per heavy atom. The predicted octanol–water partition coefficient (Wildman–Crippen LogP) is 3.67. The zero-order chi connectivity index (χ0) is 21.2. The number of aliphatic hydroxyl groups is 1. The van der Waals surface area contributed by atoms with E-state index in [-0.39, 0.29) is 17.4 Å². The van der Waals surface area contributed by atoms with Gasteiger partial charge in [-0.25, -0.2) is 9.59 Å². The second-order valence-electron chi connectivity index (χ2n) is 7.17. The molecule has 1 aliphatic heterocycles. The van der Waals surface area contributed by atoms with Crippen molar-refractivity contribution in [3.8, 4) is 11.5 Å². The summed E-state index contributed by atoms with van der Waals surface area (Å²) in [6.45, 7) is 2.04. The molecular weight excluding hydrogens is 400 g/mol. The molecule has 0 fully saturated rings. The van der Waals surface area contributed by atoms with Crippen LogP contribution >= 0.6 is 11.6 Å². The highest BCUT2D eigenvalue weighted by atomic mass is 35.5. The molecule has 0 amide bonds.